The van der Waals surface area contributed by atoms with E-state index >= 15 is 0 Å². The first-order valence-corrected chi connectivity index (χ1v) is 5.33. The number of benzene rings is 1. The second-order valence-corrected chi connectivity index (χ2v) is 3.99. The molecule has 0 aliphatic carbocycles. The van der Waals surface area contributed by atoms with Crippen LogP contribution in [0, 0.1) is 0 Å². The minimum Gasteiger partial charge on any atom is -0.457 e. The van der Waals surface area contributed by atoms with Crippen LogP contribution in [0.3, 0.4) is 0 Å². The van der Waals surface area contributed by atoms with E-state index in [0.717, 1.165) is 12.1 Å². The van der Waals surface area contributed by atoms with Gasteiger partial charge in [0.05, 0.1) is 5.56 Å². The number of hydrogen-bond donors (Lipinski definition) is 0. The van der Waals surface area contributed by atoms with E-state index in [4.69, 9.17) is 4.74 Å². The summed E-state index contributed by atoms with van der Waals surface area (Å²) >= 11 is 0. The Morgan fingerprint density at radius 1 is 1.29 bits per heavy atom. The zero-order chi connectivity index (χ0) is 12.5. The van der Waals surface area contributed by atoms with Gasteiger partial charge in [-0.2, -0.15) is 13.2 Å². The molecule has 1 aliphatic rings. The van der Waals surface area contributed by atoms with Gasteiger partial charge in [-0.1, -0.05) is 12.1 Å². The summed E-state index contributed by atoms with van der Waals surface area (Å²) in [4.78, 5) is 11.1. The van der Waals surface area contributed by atoms with Crippen LogP contribution >= 0.6 is 0 Å². The minimum absolute atomic E-state index is 0.343. The molecule has 0 aromatic heterocycles. The van der Waals surface area contributed by atoms with Crippen molar-refractivity contribution in [2.24, 2.45) is 0 Å². The zero-order valence-electron chi connectivity index (χ0n) is 8.96. The maximum absolute atomic E-state index is 12.5. The average Bonchev–Trinajstić information content (AvgIpc) is 2.28. The first-order valence-electron chi connectivity index (χ1n) is 5.33. The maximum Gasteiger partial charge on any atom is 0.416 e. The molecule has 0 amide bonds. The summed E-state index contributed by atoms with van der Waals surface area (Å²) in [5, 5.41) is 0. The van der Waals surface area contributed by atoms with Crippen LogP contribution < -0.4 is 0 Å². The number of carbonyl (C=O) groups is 1. The molecule has 1 aliphatic heterocycles. The Morgan fingerprint density at radius 3 is 2.71 bits per heavy atom. The van der Waals surface area contributed by atoms with Crippen molar-refractivity contribution in [2.75, 3.05) is 0 Å². The molecule has 1 saturated heterocycles. The molecule has 1 fully saturated rings. The SMILES string of the molecule is O=C1CCCC(c2cccc(C(F)(F)F)c2)O1. The van der Waals surface area contributed by atoms with E-state index in [0.29, 0.717) is 24.8 Å². The molecule has 0 bridgehead atoms. The number of hydrogen-bond acceptors (Lipinski definition) is 2. The van der Waals surface area contributed by atoms with Gasteiger partial charge in [-0.15, -0.1) is 0 Å². The van der Waals surface area contributed by atoms with E-state index in [9.17, 15) is 18.0 Å². The summed E-state index contributed by atoms with van der Waals surface area (Å²) in [6.45, 7) is 0. The third kappa shape index (κ3) is 2.78. The lowest BCUT2D eigenvalue weighted by Gasteiger charge is -2.23. The number of cyclic esters (lactones) is 1. The molecule has 92 valence electrons. The predicted octanol–water partition coefficient (Wildman–Crippen LogP) is 3.47. The monoisotopic (exact) mass is 244 g/mol. The lowest BCUT2D eigenvalue weighted by molar-refractivity contribution is -0.154. The number of ether oxygens (including phenoxy) is 1. The van der Waals surface area contributed by atoms with Gasteiger partial charge in [-0.25, -0.2) is 0 Å². The number of alkyl halides is 3. The Kier molecular flexibility index (Phi) is 3.09. The quantitative estimate of drug-likeness (QED) is 0.707. The van der Waals surface area contributed by atoms with Crippen molar-refractivity contribution in [1.82, 2.24) is 0 Å². The van der Waals surface area contributed by atoms with Gasteiger partial charge < -0.3 is 4.74 Å². The molecule has 1 unspecified atom stereocenters. The van der Waals surface area contributed by atoms with Gasteiger partial charge in [0, 0.05) is 6.42 Å². The number of carbonyl (C=O) groups excluding carboxylic acids is 1. The molecule has 0 spiro atoms. The molecule has 1 atom stereocenters. The standard InChI is InChI=1S/C12H11F3O2/c13-12(14,15)9-4-1-3-8(7-9)10-5-2-6-11(16)17-10/h1,3-4,7,10H,2,5-6H2. The highest BCUT2D eigenvalue weighted by Crippen LogP contribution is 2.34. The van der Waals surface area contributed by atoms with Gasteiger partial charge in [-0.3, -0.25) is 4.79 Å². The van der Waals surface area contributed by atoms with E-state index in [1.807, 2.05) is 0 Å². The van der Waals surface area contributed by atoms with Crippen LogP contribution in [0.4, 0.5) is 13.2 Å². The Bertz CT molecular complexity index is 426. The number of rotatable bonds is 1. The Labute approximate surface area is 96.4 Å². The Balaban J connectivity index is 2.24. The molecule has 1 heterocycles. The van der Waals surface area contributed by atoms with Crippen molar-refractivity contribution in [3.8, 4) is 0 Å². The Hall–Kier alpha value is -1.52. The van der Waals surface area contributed by atoms with E-state index in [1.54, 1.807) is 6.07 Å². The first-order chi connectivity index (χ1) is 7.97. The molecule has 1 aromatic rings. The van der Waals surface area contributed by atoms with Crippen LogP contribution in [-0.2, 0) is 15.7 Å². The van der Waals surface area contributed by atoms with Gasteiger partial charge in [0.2, 0.25) is 0 Å². The molecular weight excluding hydrogens is 233 g/mol. The average molecular weight is 244 g/mol. The second kappa shape index (κ2) is 4.39. The zero-order valence-corrected chi connectivity index (χ0v) is 8.96. The minimum atomic E-state index is -4.37. The summed E-state index contributed by atoms with van der Waals surface area (Å²) in [6, 6.07) is 4.94. The van der Waals surface area contributed by atoms with Gasteiger partial charge >= 0.3 is 12.1 Å². The second-order valence-electron chi connectivity index (χ2n) is 3.99. The van der Waals surface area contributed by atoms with Gasteiger partial charge in [0.25, 0.3) is 0 Å². The Morgan fingerprint density at radius 2 is 2.06 bits per heavy atom. The predicted molar refractivity (Wildman–Crippen MR) is 54.1 cm³/mol. The molecule has 2 nitrogen and oxygen atoms in total. The normalized spacial score (nSPS) is 21.1. The fourth-order valence-electron chi connectivity index (χ4n) is 1.86. The molecule has 0 saturated carbocycles. The summed E-state index contributed by atoms with van der Waals surface area (Å²) in [7, 11) is 0. The van der Waals surface area contributed by atoms with Crippen LogP contribution in [0.1, 0.15) is 36.5 Å². The van der Waals surface area contributed by atoms with E-state index in [1.165, 1.54) is 6.07 Å². The molecule has 2 rings (SSSR count). The molecule has 0 radical (unpaired) electrons. The van der Waals surface area contributed by atoms with Crippen LogP contribution in [0.2, 0.25) is 0 Å². The van der Waals surface area contributed by atoms with Crippen LogP contribution in [0.25, 0.3) is 0 Å². The number of halogens is 3. The molecule has 0 N–H and O–H groups in total. The lowest BCUT2D eigenvalue weighted by Crippen LogP contribution is -2.17. The van der Waals surface area contributed by atoms with Crippen LogP contribution in [0.15, 0.2) is 24.3 Å². The van der Waals surface area contributed by atoms with E-state index in [-0.39, 0.29) is 5.97 Å². The largest absolute Gasteiger partial charge is 0.457 e. The van der Waals surface area contributed by atoms with Gasteiger partial charge in [0.1, 0.15) is 6.10 Å². The van der Waals surface area contributed by atoms with Crippen molar-refractivity contribution in [1.29, 1.82) is 0 Å². The summed E-state index contributed by atoms with van der Waals surface area (Å²) in [5.74, 6) is -0.348. The van der Waals surface area contributed by atoms with Crippen molar-refractivity contribution < 1.29 is 22.7 Å². The van der Waals surface area contributed by atoms with Crippen molar-refractivity contribution in [2.45, 2.75) is 31.5 Å². The highest BCUT2D eigenvalue weighted by atomic mass is 19.4. The third-order valence-corrected chi connectivity index (χ3v) is 2.71. The van der Waals surface area contributed by atoms with E-state index < -0.39 is 17.8 Å². The highest BCUT2D eigenvalue weighted by Gasteiger charge is 2.31. The highest BCUT2D eigenvalue weighted by molar-refractivity contribution is 5.70. The van der Waals surface area contributed by atoms with Crippen molar-refractivity contribution in [3.05, 3.63) is 35.4 Å². The van der Waals surface area contributed by atoms with Crippen molar-refractivity contribution in [3.63, 3.8) is 0 Å². The molecule has 17 heavy (non-hydrogen) atoms. The lowest BCUT2D eigenvalue weighted by atomic mass is 9.99. The maximum atomic E-state index is 12.5. The summed E-state index contributed by atoms with van der Waals surface area (Å²) in [6.07, 6.45) is -3.34. The fourth-order valence-corrected chi connectivity index (χ4v) is 1.86. The smallest absolute Gasteiger partial charge is 0.416 e. The third-order valence-electron chi connectivity index (χ3n) is 2.71. The summed E-state index contributed by atoms with van der Waals surface area (Å²) in [5.41, 5.74) is -0.301. The van der Waals surface area contributed by atoms with Crippen LogP contribution in [-0.4, -0.2) is 5.97 Å². The molecule has 5 heteroatoms. The van der Waals surface area contributed by atoms with Crippen LogP contribution in [0.5, 0.6) is 0 Å². The molecular formula is C12H11F3O2. The van der Waals surface area contributed by atoms with Gasteiger partial charge in [-0.05, 0) is 30.5 Å². The summed E-state index contributed by atoms with van der Waals surface area (Å²) < 4.78 is 42.5. The fraction of sp³-hybridized carbons (Fsp3) is 0.417. The van der Waals surface area contributed by atoms with Crippen molar-refractivity contribution >= 4 is 5.97 Å². The van der Waals surface area contributed by atoms with E-state index in [2.05, 4.69) is 0 Å². The molecule has 1 aromatic carbocycles. The topological polar surface area (TPSA) is 26.3 Å². The van der Waals surface area contributed by atoms with Gasteiger partial charge in [0.15, 0.2) is 0 Å². The number of esters is 1. The first kappa shape index (κ1) is 12.0.